The van der Waals surface area contributed by atoms with Gasteiger partial charge in [-0.3, -0.25) is 4.48 Å². The van der Waals surface area contributed by atoms with E-state index < -0.39 is 17.5 Å². The van der Waals surface area contributed by atoms with E-state index in [4.69, 9.17) is 4.74 Å². The summed E-state index contributed by atoms with van der Waals surface area (Å²) in [5, 5.41) is 33.1. The maximum atomic E-state index is 12.1. The monoisotopic (exact) mass is 409 g/mol. The number of carboxylic acid groups (broad SMARTS) is 2. The van der Waals surface area contributed by atoms with Crippen LogP contribution in [0, 0.1) is 6.92 Å². The lowest BCUT2D eigenvalue weighted by Gasteiger charge is -2.49. The fraction of sp³-hybridized carbons (Fsp3) is 0.304. The van der Waals surface area contributed by atoms with Gasteiger partial charge in [0, 0.05) is 23.5 Å². The summed E-state index contributed by atoms with van der Waals surface area (Å²) in [6.45, 7) is 2.19. The van der Waals surface area contributed by atoms with Gasteiger partial charge in [-0.05, 0) is 18.6 Å². The van der Waals surface area contributed by atoms with E-state index in [9.17, 15) is 24.9 Å². The molecule has 1 fully saturated rings. The molecule has 0 aliphatic carbocycles. The van der Waals surface area contributed by atoms with Crippen LogP contribution in [0.4, 0.5) is 0 Å². The van der Waals surface area contributed by atoms with Crippen LogP contribution in [0.5, 0.6) is 11.5 Å². The van der Waals surface area contributed by atoms with Crippen molar-refractivity contribution in [3.63, 3.8) is 0 Å². The number of aliphatic hydroxyl groups is 1. The van der Waals surface area contributed by atoms with Crippen LogP contribution < -0.4 is 9.84 Å². The van der Waals surface area contributed by atoms with Crippen LogP contribution in [0.2, 0.25) is 0 Å². The van der Waals surface area contributed by atoms with Crippen LogP contribution in [-0.2, 0) is 15.2 Å². The Bertz CT molecular complexity index is 1080. The molecule has 2 aromatic carbocycles. The molecule has 1 saturated heterocycles. The molecule has 7 heteroatoms. The molecule has 2 aliphatic rings. The zero-order valence-corrected chi connectivity index (χ0v) is 16.8. The Morgan fingerprint density at radius 3 is 2.67 bits per heavy atom. The average molecular weight is 409 g/mol. The molecule has 2 aromatic rings. The molecule has 30 heavy (non-hydrogen) atoms. The highest BCUT2D eigenvalue weighted by Crippen LogP contribution is 2.54. The van der Waals surface area contributed by atoms with E-state index >= 15 is 0 Å². The first-order chi connectivity index (χ1) is 14.2. The van der Waals surface area contributed by atoms with E-state index in [1.165, 1.54) is 0 Å². The largest absolute Gasteiger partial charge is 0.540 e. The van der Waals surface area contributed by atoms with Crippen molar-refractivity contribution < 1.29 is 34.1 Å². The predicted octanol–water partition coefficient (Wildman–Crippen LogP) is 1.64. The van der Waals surface area contributed by atoms with Crippen LogP contribution in [0.15, 0.2) is 54.2 Å². The standard InChI is InChI=1S/C23H23NO6/c1-14-6-5-8-17-21(14)30-19-9-4-3-7-15(19)16-10-11-24(2,13-23(16,17)29)18(22(27)28)12-20(25)26/h3-9,12,16,29H,10-11,13H2,1-2H3,(H-,25,26,27,28)/b18-12-/t16-,23+,24+/m0/s1. The summed E-state index contributed by atoms with van der Waals surface area (Å²) in [5.41, 5.74) is 0.424. The summed E-state index contributed by atoms with van der Waals surface area (Å²) < 4.78 is 5.96. The summed E-state index contributed by atoms with van der Waals surface area (Å²) >= 11 is 0. The number of aryl methyl sites for hydroxylation is 1. The first-order valence-electron chi connectivity index (χ1n) is 9.76. The van der Waals surface area contributed by atoms with Gasteiger partial charge in [-0.1, -0.05) is 36.4 Å². The molecule has 156 valence electrons. The van der Waals surface area contributed by atoms with Gasteiger partial charge in [0.2, 0.25) is 0 Å². The Balaban J connectivity index is 1.93. The molecular formula is C23H23NO6. The molecule has 0 saturated carbocycles. The molecule has 2 aliphatic heterocycles. The van der Waals surface area contributed by atoms with Gasteiger partial charge in [0.1, 0.15) is 29.6 Å². The second kappa shape index (κ2) is 6.97. The molecule has 0 aromatic heterocycles. The summed E-state index contributed by atoms with van der Waals surface area (Å²) in [7, 11) is 1.62. The highest BCUT2D eigenvalue weighted by Gasteiger charge is 2.54. The molecule has 7 nitrogen and oxygen atoms in total. The number of fused-ring (bicyclic) bond motifs is 5. The Morgan fingerprint density at radius 1 is 1.23 bits per heavy atom. The second-order valence-corrected chi connectivity index (χ2v) is 8.29. The van der Waals surface area contributed by atoms with Crippen LogP contribution in [0.1, 0.15) is 29.0 Å². The number of hydrogen-bond acceptors (Lipinski definition) is 5. The molecule has 2 heterocycles. The molecule has 0 spiro atoms. The molecule has 0 bridgehead atoms. The smallest absolute Gasteiger partial charge is 0.334 e. The molecule has 0 unspecified atom stereocenters. The Morgan fingerprint density at radius 2 is 1.97 bits per heavy atom. The summed E-state index contributed by atoms with van der Waals surface area (Å²) in [4.78, 5) is 23.1. The fourth-order valence-electron chi connectivity index (χ4n) is 4.92. The van der Waals surface area contributed by atoms with Crippen molar-refractivity contribution in [1.29, 1.82) is 0 Å². The first-order valence-corrected chi connectivity index (χ1v) is 9.76. The third kappa shape index (κ3) is 3.07. The number of hydrogen-bond donors (Lipinski definition) is 2. The number of piperidine rings is 1. The van der Waals surface area contributed by atoms with Crippen LogP contribution >= 0.6 is 0 Å². The predicted molar refractivity (Wildman–Crippen MR) is 106 cm³/mol. The van der Waals surface area contributed by atoms with Crippen molar-refractivity contribution in [3.8, 4) is 11.5 Å². The van der Waals surface area contributed by atoms with Gasteiger partial charge in [0.15, 0.2) is 5.70 Å². The maximum Gasteiger partial charge on any atom is 0.334 e. The van der Waals surface area contributed by atoms with Crippen molar-refractivity contribution in [2.45, 2.75) is 24.9 Å². The number of benzene rings is 2. The van der Waals surface area contributed by atoms with E-state index in [0.717, 1.165) is 11.1 Å². The van der Waals surface area contributed by atoms with Crippen molar-refractivity contribution in [3.05, 3.63) is 70.9 Å². The van der Waals surface area contributed by atoms with E-state index in [0.29, 0.717) is 36.1 Å². The number of likely N-dealkylation sites (N-methyl/N-ethyl adjacent to an activating group) is 1. The van der Waals surface area contributed by atoms with E-state index in [1.807, 2.05) is 43.3 Å². The van der Waals surface area contributed by atoms with Gasteiger partial charge >= 0.3 is 5.97 Å². The minimum Gasteiger partial charge on any atom is -0.540 e. The lowest BCUT2D eigenvalue weighted by atomic mass is 9.71. The lowest BCUT2D eigenvalue weighted by molar-refractivity contribution is -0.884. The maximum absolute atomic E-state index is 12.1. The number of ether oxygens (including phenoxy) is 1. The van der Waals surface area contributed by atoms with Gasteiger partial charge in [-0.15, -0.1) is 0 Å². The second-order valence-electron chi connectivity index (χ2n) is 8.29. The zero-order valence-electron chi connectivity index (χ0n) is 16.8. The topological polar surface area (TPSA) is 107 Å². The van der Waals surface area contributed by atoms with E-state index in [1.54, 1.807) is 13.1 Å². The van der Waals surface area contributed by atoms with E-state index in [2.05, 4.69) is 0 Å². The third-order valence-electron chi connectivity index (χ3n) is 6.31. The Hall–Kier alpha value is -3.16. The lowest BCUT2D eigenvalue weighted by Crippen LogP contribution is -2.61. The minimum absolute atomic E-state index is 0.0289. The third-order valence-corrected chi connectivity index (χ3v) is 6.31. The van der Waals surface area contributed by atoms with Crippen LogP contribution in [0.25, 0.3) is 0 Å². The molecule has 4 rings (SSSR count). The summed E-state index contributed by atoms with van der Waals surface area (Å²) in [6, 6.07) is 13.0. The molecule has 2 N–H and O–H groups in total. The van der Waals surface area contributed by atoms with Gasteiger partial charge in [0.25, 0.3) is 0 Å². The fourth-order valence-corrected chi connectivity index (χ4v) is 4.92. The van der Waals surface area contributed by atoms with Crippen molar-refractivity contribution >= 4 is 11.9 Å². The van der Waals surface area contributed by atoms with Crippen LogP contribution in [0.3, 0.4) is 0 Å². The summed E-state index contributed by atoms with van der Waals surface area (Å²) in [6.07, 6.45) is 1.10. The molecule has 0 amide bonds. The van der Waals surface area contributed by atoms with Crippen molar-refractivity contribution in [1.82, 2.24) is 0 Å². The van der Waals surface area contributed by atoms with Gasteiger partial charge in [-0.2, -0.15) is 0 Å². The molecule has 0 radical (unpaired) electrons. The summed E-state index contributed by atoms with van der Waals surface area (Å²) in [5.74, 6) is -2.06. The number of likely N-dealkylation sites (tertiary alicyclic amines) is 1. The number of rotatable bonds is 3. The Kier molecular flexibility index (Phi) is 4.67. The van der Waals surface area contributed by atoms with Crippen molar-refractivity contribution in [2.75, 3.05) is 20.1 Å². The first kappa shape index (κ1) is 20.1. The van der Waals surface area contributed by atoms with Crippen molar-refractivity contribution in [2.24, 2.45) is 0 Å². The highest BCUT2D eigenvalue weighted by atomic mass is 16.5. The molecule has 3 atom stereocenters. The number of carbonyl (C=O) groups is 2. The minimum atomic E-state index is -1.56. The SMILES string of the molecule is Cc1cccc2c1Oc1ccccc1[C@@H]1CC[N@@+](C)(/C(=C\C(=O)O)C(=O)[O-])C[C@]21O. The number of carboxylic acids is 2. The Labute approximate surface area is 174 Å². The number of nitrogens with zero attached hydrogens (tertiary/aromatic N) is 1. The normalized spacial score (nSPS) is 27.7. The molecular weight excluding hydrogens is 386 g/mol. The van der Waals surface area contributed by atoms with E-state index in [-0.39, 0.29) is 22.6 Å². The quantitative estimate of drug-likeness (QED) is 0.590. The average Bonchev–Trinajstić information content (AvgIpc) is 2.78. The zero-order chi connectivity index (χ0) is 21.7. The van der Waals surface area contributed by atoms with Crippen LogP contribution in [-0.4, -0.2) is 46.8 Å². The number of carbonyl (C=O) groups excluding carboxylic acids is 1. The van der Waals surface area contributed by atoms with Gasteiger partial charge in [-0.25, -0.2) is 4.79 Å². The number of quaternary nitrogens is 1. The van der Waals surface area contributed by atoms with Gasteiger partial charge in [0.05, 0.1) is 19.7 Å². The van der Waals surface area contributed by atoms with Gasteiger partial charge < -0.3 is 24.9 Å². The highest BCUT2D eigenvalue weighted by molar-refractivity contribution is 5.91. The number of para-hydroxylation sites is 2. The number of aliphatic carboxylic acids is 2.